The number of ether oxygens (including phenoxy) is 2. The van der Waals surface area contributed by atoms with Crippen molar-refractivity contribution in [3.8, 4) is 17.2 Å². The van der Waals surface area contributed by atoms with Crippen LogP contribution in [0.15, 0.2) is 66.7 Å². The van der Waals surface area contributed by atoms with E-state index in [-0.39, 0.29) is 6.54 Å². The standard InChI is InChI=1S/C27H23ClF3NO4/c1-16-24(35-20-10-8-19(28)9-11-20)22-12-7-18(27(29,30)31)14-23(22)32(16)15-17-5-4-6-21(13-17)36-26(2,3)25(33)34/h4-14H,15H2,1-3H3,(H,33,34). The summed E-state index contributed by atoms with van der Waals surface area (Å²) in [6.07, 6.45) is -4.51. The summed E-state index contributed by atoms with van der Waals surface area (Å²) in [6, 6.07) is 17.0. The van der Waals surface area contributed by atoms with Crippen molar-refractivity contribution in [1.82, 2.24) is 4.57 Å². The number of benzene rings is 3. The largest absolute Gasteiger partial charge is 0.478 e. The lowest BCUT2D eigenvalue weighted by Gasteiger charge is -2.22. The minimum Gasteiger partial charge on any atom is -0.478 e. The van der Waals surface area contributed by atoms with Crippen molar-refractivity contribution in [3.63, 3.8) is 0 Å². The van der Waals surface area contributed by atoms with Crippen molar-refractivity contribution in [2.75, 3.05) is 0 Å². The van der Waals surface area contributed by atoms with Gasteiger partial charge in [-0.2, -0.15) is 13.2 Å². The molecule has 0 radical (unpaired) electrons. The SMILES string of the molecule is Cc1c(Oc2ccc(Cl)cc2)c2ccc(C(F)(F)F)cc2n1Cc1cccc(OC(C)(C)C(=O)O)c1. The molecule has 188 valence electrons. The van der Waals surface area contributed by atoms with Crippen LogP contribution in [0.5, 0.6) is 17.2 Å². The molecule has 1 N–H and O–H groups in total. The molecular formula is C27H23ClF3NO4. The molecule has 4 aromatic rings. The first-order valence-corrected chi connectivity index (χ1v) is 11.4. The summed E-state index contributed by atoms with van der Waals surface area (Å²) in [5.41, 5.74) is -0.535. The predicted molar refractivity (Wildman–Crippen MR) is 131 cm³/mol. The Morgan fingerprint density at radius 2 is 1.69 bits per heavy atom. The van der Waals surface area contributed by atoms with Gasteiger partial charge in [0.05, 0.1) is 16.8 Å². The molecule has 36 heavy (non-hydrogen) atoms. The first-order chi connectivity index (χ1) is 16.8. The number of carbonyl (C=O) groups is 1. The summed E-state index contributed by atoms with van der Waals surface area (Å²) in [6.45, 7) is 4.85. The van der Waals surface area contributed by atoms with Gasteiger partial charge in [-0.1, -0.05) is 23.7 Å². The number of alkyl halides is 3. The number of carboxylic acids is 1. The number of rotatable bonds is 7. The predicted octanol–water partition coefficient (Wildman–Crippen LogP) is 7.70. The second-order valence-corrected chi connectivity index (χ2v) is 9.29. The normalized spacial score (nSPS) is 12.1. The minimum atomic E-state index is -4.51. The molecule has 0 amide bonds. The first-order valence-electron chi connectivity index (χ1n) is 11.0. The van der Waals surface area contributed by atoms with Gasteiger partial charge >= 0.3 is 12.1 Å². The maximum absolute atomic E-state index is 13.5. The quantitative estimate of drug-likeness (QED) is 0.273. The van der Waals surface area contributed by atoms with E-state index in [1.165, 1.54) is 19.9 Å². The summed E-state index contributed by atoms with van der Waals surface area (Å²) >= 11 is 5.96. The number of halogens is 4. The maximum atomic E-state index is 13.5. The van der Waals surface area contributed by atoms with Gasteiger partial charge in [0, 0.05) is 17.0 Å². The van der Waals surface area contributed by atoms with Crippen LogP contribution in [0.3, 0.4) is 0 Å². The molecule has 3 aromatic carbocycles. The molecule has 5 nitrogen and oxygen atoms in total. The van der Waals surface area contributed by atoms with E-state index < -0.39 is 23.3 Å². The van der Waals surface area contributed by atoms with Crippen molar-refractivity contribution in [1.29, 1.82) is 0 Å². The van der Waals surface area contributed by atoms with Gasteiger partial charge < -0.3 is 19.1 Å². The Hall–Kier alpha value is -3.65. The average Bonchev–Trinajstić information content (AvgIpc) is 3.05. The van der Waals surface area contributed by atoms with E-state index in [2.05, 4.69) is 0 Å². The summed E-state index contributed by atoms with van der Waals surface area (Å²) < 4.78 is 54.0. The second-order valence-electron chi connectivity index (χ2n) is 8.85. The molecular weight excluding hydrogens is 495 g/mol. The molecule has 0 spiro atoms. The Morgan fingerprint density at radius 1 is 1.00 bits per heavy atom. The molecule has 0 aliphatic rings. The van der Waals surface area contributed by atoms with Gasteiger partial charge in [-0.15, -0.1) is 0 Å². The van der Waals surface area contributed by atoms with E-state index in [0.29, 0.717) is 44.4 Å². The van der Waals surface area contributed by atoms with Crippen LogP contribution in [0, 0.1) is 6.92 Å². The highest BCUT2D eigenvalue weighted by Crippen LogP contribution is 2.40. The lowest BCUT2D eigenvalue weighted by molar-refractivity contribution is -0.152. The molecule has 4 rings (SSSR count). The Bertz CT molecular complexity index is 1430. The average molecular weight is 518 g/mol. The van der Waals surface area contributed by atoms with Crippen LogP contribution < -0.4 is 9.47 Å². The fourth-order valence-electron chi connectivity index (χ4n) is 3.80. The fraction of sp³-hybridized carbons (Fsp3) is 0.222. The van der Waals surface area contributed by atoms with E-state index in [9.17, 15) is 23.1 Å². The van der Waals surface area contributed by atoms with E-state index in [4.69, 9.17) is 21.1 Å². The maximum Gasteiger partial charge on any atom is 0.416 e. The van der Waals surface area contributed by atoms with Gasteiger partial charge in [-0.25, -0.2) is 4.79 Å². The number of nitrogens with zero attached hydrogens (tertiary/aromatic N) is 1. The number of hydrogen-bond donors (Lipinski definition) is 1. The number of aromatic nitrogens is 1. The molecule has 0 bridgehead atoms. The van der Waals surface area contributed by atoms with Crippen molar-refractivity contribution >= 4 is 28.5 Å². The summed E-state index contributed by atoms with van der Waals surface area (Å²) in [5, 5.41) is 10.4. The van der Waals surface area contributed by atoms with Crippen LogP contribution in [-0.4, -0.2) is 21.2 Å². The third-order valence-electron chi connectivity index (χ3n) is 5.75. The highest BCUT2D eigenvalue weighted by atomic mass is 35.5. The molecule has 0 aliphatic carbocycles. The van der Waals surface area contributed by atoms with Crippen LogP contribution in [-0.2, 0) is 17.5 Å². The highest BCUT2D eigenvalue weighted by molar-refractivity contribution is 6.30. The molecule has 0 unspecified atom stereocenters. The minimum absolute atomic E-state index is 0.207. The summed E-state index contributed by atoms with van der Waals surface area (Å²) in [5.74, 6) is 0.139. The molecule has 1 heterocycles. The lowest BCUT2D eigenvalue weighted by Crippen LogP contribution is -2.37. The van der Waals surface area contributed by atoms with Gasteiger partial charge in [0.15, 0.2) is 11.4 Å². The van der Waals surface area contributed by atoms with Gasteiger partial charge in [-0.05, 0) is 80.9 Å². The summed E-state index contributed by atoms with van der Waals surface area (Å²) in [7, 11) is 0. The Morgan fingerprint density at radius 3 is 2.33 bits per heavy atom. The second kappa shape index (κ2) is 9.43. The number of aliphatic carboxylic acids is 1. The van der Waals surface area contributed by atoms with Crippen LogP contribution in [0.1, 0.15) is 30.7 Å². The van der Waals surface area contributed by atoms with Gasteiger partial charge in [-0.3, -0.25) is 0 Å². The lowest BCUT2D eigenvalue weighted by atomic mass is 10.1. The summed E-state index contributed by atoms with van der Waals surface area (Å²) in [4.78, 5) is 11.4. The van der Waals surface area contributed by atoms with E-state index in [0.717, 1.165) is 12.1 Å². The molecule has 9 heteroatoms. The Labute approximate surface area is 210 Å². The molecule has 0 aliphatic heterocycles. The van der Waals surface area contributed by atoms with Crippen molar-refractivity contribution in [2.24, 2.45) is 0 Å². The van der Waals surface area contributed by atoms with Gasteiger partial charge in [0.25, 0.3) is 0 Å². The third-order valence-corrected chi connectivity index (χ3v) is 6.01. The van der Waals surface area contributed by atoms with Crippen LogP contribution in [0.2, 0.25) is 5.02 Å². The van der Waals surface area contributed by atoms with E-state index in [1.807, 2.05) is 0 Å². The monoisotopic (exact) mass is 517 g/mol. The molecule has 1 aromatic heterocycles. The van der Waals surface area contributed by atoms with Crippen molar-refractivity contribution in [2.45, 2.75) is 39.1 Å². The zero-order valence-corrected chi connectivity index (χ0v) is 20.4. The molecule has 0 fully saturated rings. The number of hydrogen-bond acceptors (Lipinski definition) is 3. The Balaban J connectivity index is 1.78. The van der Waals surface area contributed by atoms with Gasteiger partial charge in [0.1, 0.15) is 11.5 Å². The fourth-order valence-corrected chi connectivity index (χ4v) is 3.93. The molecule has 0 saturated heterocycles. The van der Waals surface area contributed by atoms with E-state index in [1.54, 1.807) is 60.0 Å². The van der Waals surface area contributed by atoms with Crippen molar-refractivity contribution in [3.05, 3.63) is 88.6 Å². The molecule has 0 atom stereocenters. The van der Waals surface area contributed by atoms with Crippen LogP contribution in [0.25, 0.3) is 10.9 Å². The van der Waals surface area contributed by atoms with E-state index >= 15 is 0 Å². The number of carboxylic acid groups (broad SMARTS) is 1. The third kappa shape index (κ3) is 5.28. The zero-order valence-electron chi connectivity index (χ0n) is 19.7. The van der Waals surface area contributed by atoms with Crippen molar-refractivity contribution < 1.29 is 32.5 Å². The highest BCUT2D eigenvalue weighted by Gasteiger charge is 2.32. The van der Waals surface area contributed by atoms with Crippen LogP contribution in [0.4, 0.5) is 13.2 Å². The van der Waals surface area contributed by atoms with Gasteiger partial charge in [0.2, 0.25) is 0 Å². The smallest absolute Gasteiger partial charge is 0.416 e. The topological polar surface area (TPSA) is 60.7 Å². The molecule has 0 saturated carbocycles. The van der Waals surface area contributed by atoms with Crippen LogP contribution >= 0.6 is 11.6 Å². The Kier molecular flexibility index (Phi) is 6.66. The first kappa shape index (κ1) is 25.4. The number of fused-ring (bicyclic) bond motifs is 1. The zero-order chi connectivity index (χ0) is 26.3.